The number of fused-ring (bicyclic) bond motifs is 1. The van der Waals surface area contributed by atoms with Gasteiger partial charge in [-0.2, -0.15) is 0 Å². The molecule has 156 valence electrons. The van der Waals surface area contributed by atoms with Crippen LogP contribution in [0.5, 0.6) is 0 Å². The summed E-state index contributed by atoms with van der Waals surface area (Å²) >= 11 is 0. The highest BCUT2D eigenvalue weighted by atomic mass is 16.2. The number of piperidine rings is 1. The third kappa shape index (κ3) is 3.85. The summed E-state index contributed by atoms with van der Waals surface area (Å²) in [6.45, 7) is 6.35. The van der Waals surface area contributed by atoms with Gasteiger partial charge >= 0.3 is 11.8 Å². The van der Waals surface area contributed by atoms with Gasteiger partial charge in [-0.1, -0.05) is 13.0 Å². The minimum atomic E-state index is -0.668. The minimum absolute atomic E-state index is 0.154. The number of H-pyrrole nitrogens is 1. The Labute approximate surface area is 174 Å². The normalized spacial score (nSPS) is 19.1. The second-order valence-electron chi connectivity index (χ2n) is 8.13. The van der Waals surface area contributed by atoms with Crippen LogP contribution in [0.25, 0.3) is 11.0 Å². The number of aromatic nitrogens is 3. The van der Waals surface area contributed by atoms with Crippen LogP contribution in [-0.4, -0.2) is 38.2 Å². The van der Waals surface area contributed by atoms with Crippen LogP contribution in [0.2, 0.25) is 0 Å². The molecule has 0 spiro atoms. The van der Waals surface area contributed by atoms with Gasteiger partial charge in [-0.25, -0.2) is 9.97 Å². The molecule has 1 aliphatic heterocycles. The standard InChI is InChI=1S/C22H26N6O2/c1-12-4-7-19(15-5-6-17-18(9-15)26-14(3)25-17)28(11-12)22(30)21(29)27-16-8-13(2)20(23)24-10-16/h5-6,8-10,12,19H,4,7,11H2,1-3H3,(H2,23,24)(H,25,26)(H,27,29)/t12-,19+/m1/s1. The largest absolute Gasteiger partial charge is 0.383 e. The quantitative estimate of drug-likeness (QED) is 0.565. The van der Waals surface area contributed by atoms with Gasteiger partial charge in [-0.05, 0) is 61.9 Å². The number of pyridine rings is 1. The summed E-state index contributed by atoms with van der Waals surface area (Å²) < 4.78 is 0. The molecule has 2 aromatic heterocycles. The molecule has 8 nitrogen and oxygen atoms in total. The molecule has 1 aromatic carbocycles. The number of nitrogens with one attached hydrogen (secondary N) is 2. The minimum Gasteiger partial charge on any atom is -0.383 e. The summed E-state index contributed by atoms with van der Waals surface area (Å²) in [6.07, 6.45) is 3.26. The van der Waals surface area contributed by atoms with Crippen molar-refractivity contribution in [2.24, 2.45) is 5.92 Å². The van der Waals surface area contributed by atoms with Crippen LogP contribution in [0.3, 0.4) is 0 Å². The zero-order valence-electron chi connectivity index (χ0n) is 17.4. The van der Waals surface area contributed by atoms with Crippen molar-refractivity contribution in [2.45, 2.75) is 39.7 Å². The lowest BCUT2D eigenvalue weighted by molar-refractivity contribution is -0.146. The highest BCUT2D eigenvalue weighted by Gasteiger charge is 2.34. The number of aromatic amines is 1. The van der Waals surface area contributed by atoms with E-state index >= 15 is 0 Å². The van der Waals surface area contributed by atoms with Crippen molar-refractivity contribution in [3.8, 4) is 0 Å². The first-order chi connectivity index (χ1) is 14.3. The summed E-state index contributed by atoms with van der Waals surface area (Å²) in [4.78, 5) is 39.2. The fourth-order valence-corrected chi connectivity index (χ4v) is 4.05. The fraction of sp³-hybridized carbons (Fsp3) is 0.364. The molecule has 3 heterocycles. The molecule has 3 aromatic rings. The van der Waals surface area contributed by atoms with E-state index in [-0.39, 0.29) is 6.04 Å². The van der Waals surface area contributed by atoms with E-state index in [1.807, 2.05) is 25.1 Å². The van der Waals surface area contributed by atoms with E-state index in [1.54, 1.807) is 17.9 Å². The Kier molecular flexibility index (Phi) is 5.15. The van der Waals surface area contributed by atoms with E-state index < -0.39 is 11.8 Å². The second-order valence-corrected chi connectivity index (χ2v) is 8.13. The number of rotatable bonds is 2. The molecule has 0 saturated carbocycles. The zero-order valence-corrected chi connectivity index (χ0v) is 17.4. The van der Waals surface area contributed by atoms with Crippen LogP contribution in [0, 0.1) is 19.8 Å². The zero-order chi connectivity index (χ0) is 21.4. The number of likely N-dealkylation sites (tertiary alicyclic amines) is 1. The third-order valence-electron chi connectivity index (χ3n) is 5.66. The Bertz CT molecular complexity index is 1120. The van der Waals surface area contributed by atoms with Crippen molar-refractivity contribution in [2.75, 3.05) is 17.6 Å². The molecule has 1 saturated heterocycles. The Morgan fingerprint density at radius 2 is 2.03 bits per heavy atom. The first-order valence-corrected chi connectivity index (χ1v) is 10.1. The van der Waals surface area contributed by atoms with Crippen molar-refractivity contribution >= 4 is 34.4 Å². The molecule has 0 unspecified atom stereocenters. The van der Waals surface area contributed by atoms with Crippen molar-refractivity contribution in [1.82, 2.24) is 19.9 Å². The summed E-state index contributed by atoms with van der Waals surface area (Å²) in [5.41, 5.74) is 9.76. The molecule has 8 heteroatoms. The maximum absolute atomic E-state index is 13.1. The summed E-state index contributed by atoms with van der Waals surface area (Å²) in [5.74, 6) is 0.366. The van der Waals surface area contributed by atoms with Gasteiger partial charge in [0.25, 0.3) is 0 Å². The number of nitrogens with zero attached hydrogens (tertiary/aromatic N) is 3. The van der Waals surface area contributed by atoms with Crippen LogP contribution in [0.15, 0.2) is 30.5 Å². The van der Waals surface area contributed by atoms with E-state index in [0.717, 1.165) is 40.8 Å². The molecule has 0 radical (unpaired) electrons. The van der Waals surface area contributed by atoms with Gasteiger partial charge in [0.15, 0.2) is 0 Å². The predicted octanol–water partition coefficient (Wildman–Crippen LogP) is 3.10. The van der Waals surface area contributed by atoms with Gasteiger partial charge in [0.2, 0.25) is 0 Å². The number of nitrogens with two attached hydrogens (primary N) is 1. The van der Waals surface area contributed by atoms with Crippen LogP contribution >= 0.6 is 0 Å². The highest BCUT2D eigenvalue weighted by Crippen LogP contribution is 2.34. The van der Waals surface area contributed by atoms with Gasteiger partial charge < -0.3 is 20.9 Å². The van der Waals surface area contributed by atoms with Crippen molar-refractivity contribution in [3.05, 3.63) is 47.4 Å². The number of carbonyl (C=O) groups excluding carboxylic acids is 2. The SMILES string of the molecule is Cc1nc2ccc([C@@H]3CC[C@@H](C)CN3C(=O)C(=O)Nc3cnc(N)c(C)c3)cc2[nH]1. The lowest BCUT2D eigenvalue weighted by Gasteiger charge is -2.38. The molecular weight excluding hydrogens is 380 g/mol. The smallest absolute Gasteiger partial charge is 0.313 e. The Hall–Kier alpha value is -3.42. The third-order valence-corrected chi connectivity index (χ3v) is 5.66. The molecule has 30 heavy (non-hydrogen) atoms. The number of hydrogen-bond acceptors (Lipinski definition) is 5. The Morgan fingerprint density at radius 3 is 2.80 bits per heavy atom. The molecular formula is C22H26N6O2. The second kappa shape index (κ2) is 7.78. The summed E-state index contributed by atoms with van der Waals surface area (Å²) in [7, 11) is 0. The van der Waals surface area contributed by atoms with Gasteiger partial charge in [0.1, 0.15) is 11.6 Å². The Balaban J connectivity index is 1.58. The van der Waals surface area contributed by atoms with Crippen LogP contribution in [0.1, 0.15) is 42.8 Å². The van der Waals surface area contributed by atoms with E-state index in [2.05, 4.69) is 27.2 Å². The average molecular weight is 406 g/mol. The molecule has 0 bridgehead atoms. The average Bonchev–Trinajstić information content (AvgIpc) is 3.09. The molecule has 2 amide bonds. The fourth-order valence-electron chi connectivity index (χ4n) is 4.05. The topological polar surface area (TPSA) is 117 Å². The molecule has 0 aliphatic carbocycles. The number of carbonyl (C=O) groups is 2. The number of anilines is 2. The lowest BCUT2D eigenvalue weighted by Crippen LogP contribution is -2.46. The van der Waals surface area contributed by atoms with Crippen LogP contribution in [0.4, 0.5) is 11.5 Å². The summed E-state index contributed by atoms with van der Waals surface area (Å²) in [5, 5.41) is 2.66. The number of amides is 2. The van der Waals surface area contributed by atoms with Crippen LogP contribution in [-0.2, 0) is 9.59 Å². The van der Waals surface area contributed by atoms with E-state index in [4.69, 9.17) is 5.73 Å². The maximum Gasteiger partial charge on any atom is 0.313 e. The van der Waals surface area contributed by atoms with E-state index in [1.165, 1.54) is 6.20 Å². The summed E-state index contributed by atoms with van der Waals surface area (Å²) in [6, 6.07) is 7.53. The van der Waals surface area contributed by atoms with Gasteiger partial charge in [0.05, 0.1) is 29.0 Å². The first kappa shape index (κ1) is 19.9. The first-order valence-electron chi connectivity index (χ1n) is 10.1. The molecule has 4 rings (SSSR count). The Morgan fingerprint density at radius 1 is 1.23 bits per heavy atom. The van der Waals surface area contributed by atoms with E-state index in [9.17, 15) is 9.59 Å². The number of imidazole rings is 1. The molecule has 4 N–H and O–H groups in total. The lowest BCUT2D eigenvalue weighted by atomic mass is 9.89. The predicted molar refractivity (Wildman–Crippen MR) is 116 cm³/mol. The molecule has 2 atom stereocenters. The van der Waals surface area contributed by atoms with Gasteiger partial charge in [0, 0.05) is 6.54 Å². The van der Waals surface area contributed by atoms with Crippen molar-refractivity contribution < 1.29 is 9.59 Å². The number of benzene rings is 1. The van der Waals surface area contributed by atoms with E-state index in [0.29, 0.717) is 24.0 Å². The van der Waals surface area contributed by atoms with Gasteiger partial charge in [-0.15, -0.1) is 0 Å². The van der Waals surface area contributed by atoms with Crippen molar-refractivity contribution in [3.63, 3.8) is 0 Å². The van der Waals surface area contributed by atoms with Crippen molar-refractivity contribution in [1.29, 1.82) is 0 Å². The molecule has 1 fully saturated rings. The monoisotopic (exact) mass is 406 g/mol. The van der Waals surface area contributed by atoms with Gasteiger partial charge in [-0.3, -0.25) is 9.59 Å². The highest BCUT2D eigenvalue weighted by molar-refractivity contribution is 6.39. The van der Waals surface area contributed by atoms with Crippen LogP contribution < -0.4 is 11.1 Å². The molecule has 1 aliphatic rings. The number of nitrogen functional groups attached to an aromatic ring is 1. The number of hydrogen-bond donors (Lipinski definition) is 3. The number of aryl methyl sites for hydroxylation is 2. The maximum atomic E-state index is 13.1.